The summed E-state index contributed by atoms with van der Waals surface area (Å²) in [5.74, 6) is 0.729. The number of thioether (sulfide) groups is 1. The van der Waals surface area contributed by atoms with Gasteiger partial charge in [-0.05, 0) is 30.3 Å². The second kappa shape index (κ2) is 10.2. The molecule has 1 amide bonds. The first-order chi connectivity index (χ1) is 15.2. The zero-order valence-corrected chi connectivity index (χ0v) is 20.0. The predicted octanol–water partition coefficient (Wildman–Crippen LogP) is 3.17. The quantitative estimate of drug-likeness (QED) is 0.454. The average molecular weight is 496 g/mol. The van der Waals surface area contributed by atoms with Crippen LogP contribution in [0.1, 0.15) is 5.82 Å². The molecule has 0 unspecified atom stereocenters. The second-order valence-corrected chi connectivity index (χ2v) is 10.0. The van der Waals surface area contributed by atoms with Gasteiger partial charge in [0.05, 0.1) is 37.0 Å². The lowest BCUT2D eigenvalue weighted by Gasteiger charge is -2.21. The minimum absolute atomic E-state index is 0.0127. The SMILES string of the molecule is COc1ccc(Cl)cc1NC(=O)CSc1nnc(CN(c2ccccc2)S(C)(=O)=O)n1C. The van der Waals surface area contributed by atoms with E-state index < -0.39 is 10.0 Å². The molecule has 0 aliphatic carbocycles. The van der Waals surface area contributed by atoms with Gasteiger partial charge in [0.2, 0.25) is 15.9 Å². The number of anilines is 2. The Bertz CT molecular complexity index is 1200. The van der Waals surface area contributed by atoms with Gasteiger partial charge in [-0.25, -0.2) is 8.42 Å². The predicted molar refractivity (Wildman–Crippen MR) is 126 cm³/mol. The van der Waals surface area contributed by atoms with Crippen LogP contribution in [-0.2, 0) is 28.4 Å². The van der Waals surface area contributed by atoms with Crippen LogP contribution in [0.25, 0.3) is 0 Å². The van der Waals surface area contributed by atoms with E-state index in [1.165, 1.54) is 23.2 Å². The van der Waals surface area contributed by atoms with Crippen molar-refractivity contribution in [1.82, 2.24) is 14.8 Å². The highest BCUT2D eigenvalue weighted by molar-refractivity contribution is 7.99. The third-order valence-electron chi connectivity index (χ3n) is 4.42. The standard InChI is InChI=1S/C20H22ClN5O4S2/c1-25-18(12-26(32(3,28)29)15-7-5-4-6-8-15)23-24-20(25)31-13-19(27)22-16-11-14(21)9-10-17(16)30-2/h4-11H,12-13H2,1-3H3,(H,22,27). The lowest BCUT2D eigenvalue weighted by molar-refractivity contribution is -0.113. The molecule has 12 heteroatoms. The summed E-state index contributed by atoms with van der Waals surface area (Å²) in [7, 11) is -0.308. The number of ether oxygens (including phenoxy) is 1. The zero-order valence-electron chi connectivity index (χ0n) is 17.6. The lowest BCUT2D eigenvalue weighted by Crippen LogP contribution is -2.30. The lowest BCUT2D eigenvalue weighted by atomic mass is 10.3. The van der Waals surface area contributed by atoms with Crippen LogP contribution < -0.4 is 14.4 Å². The van der Waals surface area contributed by atoms with Crippen LogP contribution in [0.4, 0.5) is 11.4 Å². The van der Waals surface area contributed by atoms with Crippen LogP contribution in [0.5, 0.6) is 5.75 Å². The molecule has 0 atom stereocenters. The van der Waals surface area contributed by atoms with E-state index in [9.17, 15) is 13.2 Å². The van der Waals surface area contributed by atoms with Crippen LogP contribution in [0, 0.1) is 0 Å². The first kappa shape index (κ1) is 23.9. The second-order valence-electron chi connectivity index (χ2n) is 6.74. The summed E-state index contributed by atoms with van der Waals surface area (Å²) in [5.41, 5.74) is 0.998. The number of hydrogen-bond acceptors (Lipinski definition) is 7. The number of aromatic nitrogens is 3. The molecule has 3 aromatic rings. The van der Waals surface area contributed by atoms with Gasteiger partial charge in [-0.2, -0.15) is 0 Å². The van der Waals surface area contributed by atoms with Gasteiger partial charge in [-0.15, -0.1) is 10.2 Å². The topological polar surface area (TPSA) is 106 Å². The van der Waals surface area contributed by atoms with Crippen molar-refractivity contribution in [3.05, 3.63) is 59.4 Å². The molecule has 0 aliphatic rings. The van der Waals surface area contributed by atoms with E-state index in [0.717, 1.165) is 6.26 Å². The van der Waals surface area contributed by atoms with E-state index in [2.05, 4.69) is 15.5 Å². The van der Waals surface area contributed by atoms with Gasteiger partial charge in [0, 0.05) is 12.1 Å². The number of carbonyl (C=O) groups is 1. The van der Waals surface area contributed by atoms with Gasteiger partial charge >= 0.3 is 0 Å². The molecular formula is C20H22ClN5O4S2. The zero-order chi connectivity index (χ0) is 23.3. The molecule has 0 aliphatic heterocycles. The van der Waals surface area contributed by atoms with Crippen molar-refractivity contribution in [1.29, 1.82) is 0 Å². The number of hydrogen-bond donors (Lipinski definition) is 1. The average Bonchev–Trinajstić information content (AvgIpc) is 3.10. The number of amides is 1. The molecule has 0 spiro atoms. The van der Waals surface area contributed by atoms with Gasteiger partial charge in [-0.3, -0.25) is 9.10 Å². The smallest absolute Gasteiger partial charge is 0.234 e. The molecule has 1 aromatic heterocycles. The summed E-state index contributed by atoms with van der Waals surface area (Å²) in [6.45, 7) is 0.0127. The van der Waals surface area contributed by atoms with E-state index in [1.807, 2.05) is 6.07 Å². The van der Waals surface area contributed by atoms with E-state index in [0.29, 0.717) is 33.1 Å². The van der Waals surface area contributed by atoms with Crippen LogP contribution in [0.2, 0.25) is 5.02 Å². The van der Waals surface area contributed by atoms with E-state index in [-0.39, 0.29) is 18.2 Å². The molecule has 0 saturated carbocycles. The summed E-state index contributed by atoms with van der Waals surface area (Å²) in [6.07, 6.45) is 1.14. The van der Waals surface area contributed by atoms with Gasteiger partial charge in [0.1, 0.15) is 5.75 Å². The van der Waals surface area contributed by atoms with Crippen molar-refractivity contribution in [2.75, 3.05) is 28.7 Å². The minimum Gasteiger partial charge on any atom is -0.495 e. The Labute approximate surface area is 195 Å². The Morgan fingerprint density at radius 3 is 2.59 bits per heavy atom. The molecular weight excluding hydrogens is 474 g/mol. The summed E-state index contributed by atoms with van der Waals surface area (Å²) in [6, 6.07) is 13.7. The summed E-state index contributed by atoms with van der Waals surface area (Å²) in [4.78, 5) is 12.4. The summed E-state index contributed by atoms with van der Waals surface area (Å²) >= 11 is 7.17. The number of halogens is 1. The van der Waals surface area contributed by atoms with Crippen molar-refractivity contribution in [2.45, 2.75) is 11.7 Å². The molecule has 1 N–H and O–H groups in total. The third-order valence-corrected chi connectivity index (χ3v) is 6.82. The Morgan fingerprint density at radius 1 is 1.22 bits per heavy atom. The highest BCUT2D eigenvalue weighted by Gasteiger charge is 2.21. The Kier molecular flexibility index (Phi) is 7.64. The molecule has 9 nitrogen and oxygen atoms in total. The maximum atomic E-state index is 12.4. The Hall–Kier alpha value is -2.76. The number of rotatable bonds is 9. The van der Waals surface area contributed by atoms with Crippen LogP contribution in [-0.4, -0.2) is 48.2 Å². The van der Waals surface area contributed by atoms with Crippen molar-refractivity contribution in [2.24, 2.45) is 7.05 Å². The fraction of sp³-hybridized carbons (Fsp3) is 0.250. The fourth-order valence-corrected chi connectivity index (χ4v) is 4.58. The van der Waals surface area contributed by atoms with Crippen molar-refractivity contribution < 1.29 is 17.9 Å². The Balaban J connectivity index is 1.68. The monoisotopic (exact) mass is 495 g/mol. The Morgan fingerprint density at radius 2 is 1.94 bits per heavy atom. The normalized spacial score (nSPS) is 11.2. The molecule has 0 radical (unpaired) electrons. The van der Waals surface area contributed by atoms with E-state index in [4.69, 9.17) is 16.3 Å². The van der Waals surface area contributed by atoms with Crippen LogP contribution >= 0.6 is 23.4 Å². The number of nitrogens with zero attached hydrogens (tertiary/aromatic N) is 4. The van der Waals surface area contributed by atoms with Crippen molar-refractivity contribution in [3.63, 3.8) is 0 Å². The summed E-state index contributed by atoms with van der Waals surface area (Å²) in [5, 5.41) is 11.9. The number of para-hydroxylation sites is 1. The van der Waals surface area contributed by atoms with Crippen molar-refractivity contribution in [3.8, 4) is 5.75 Å². The van der Waals surface area contributed by atoms with Gasteiger partial charge in [0.25, 0.3) is 0 Å². The highest BCUT2D eigenvalue weighted by atomic mass is 35.5. The molecule has 3 rings (SSSR count). The molecule has 2 aromatic carbocycles. The number of methoxy groups -OCH3 is 1. The fourth-order valence-electron chi connectivity index (χ4n) is 2.83. The van der Waals surface area contributed by atoms with Crippen LogP contribution in [0.15, 0.2) is 53.7 Å². The first-order valence-electron chi connectivity index (χ1n) is 9.36. The molecule has 0 fully saturated rings. The molecule has 170 valence electrons. The van der Waals surface area contributed by atoms with Crippen molar-refractivity contribution >= 4 is 50.7 Å². The minimum atomic E-state index is -3.54. The highest BCUT2D eigenvalue weighted by Crippen LogP contribution is 2.28. The van der Waals surface area contributed by atoms with Gasteiger partial charge in [0.15, 0.2) is 11.0 Å². The third kappa shape index (κ3) is 5.93. The van der Waals surface area contributed by atoms with Gasteiger partial charge in [-0.1, -0.05) is 41.6 Å². The van der Waals surface area contributed by atoms with Crippen LogP contribution in [0.3, 0.4) is 0 Å². The first-order valence-corrected chi connectivity index (χ1v) is 12.6. The number of carbonyl (C=O) groups excluding carboxylic acids is 1. The molecule has 1 heterocycles. The number of benzene rings is 2. The maximum Gasteiger partial charge on any atom is 0.234 e. The molecule has 0 saturated heterocycles. The molecule has 0 bridgehead atoms. The summed E-state index contributed by atoms with van der Waals surface area (Å²) < 4.78 is 32.8. The maximum absolute atomic E-state index is 12.4. The van der Waals surface area contributed by atoms with E-state index in [1.54, 1.807) is 54.1 Å². The van der Waals surface area contributed by atoms with E-state index >= 15 is 0 Å². The molecule has 32 heavy (non-hydrogen) atoms. The largest absolute Gasteiger partial charge is 0.495 e. The number of nitrogens with one attached hydrogen (secondary N) is 1. The van der Waals surface area contributed by atoms with Gasteiger partial charge < -0.3 is 14.6 Å². The number of sulfonamides is 1.